The first-order valence-electron chi connectivity index (χ1n) is 4.71. The Morgan fingerprint density at radius 3 is 2.60 bits per heavy atom. The van der Waals surface area contributed by atoms with Crippen LogP contribution in [-0.2, 0) is 6.18 Å². The molecule has 0 radical (unpaired) electrons. The molecule has 0 aromatic carbocycles. The van der Waals surface area contributed by atoms with Crippen molar-refractivity contribution in [3.63, 3.8) is 0 Å². The van der Waals surface area contributed by atoms with E-state index in [9.17, 15) is 13.2 Å². The topological polar surface area (TPSA) is 17.8 Å². The lowest BCUT2D eigenvalue weighted by Crippen LogP contribution is -2.19. The fourth-order valence-electron chi connectivity index (χ4n) is 1.69. The van der Waals surface area contributed by atoms with Gasteiger partial charge in [0.25, 0.3) is 0 Å². The van der Waals surface area contributed by atoms with Crippen LogP contribution in [0.4, 0.5) is 13.2 Å². The Hall–Kier alpha value is -0.520. The molecule has 1 aliphatic carbocycles. The van der Waals surface area contributed by atoms with Crippen LogP contribution < -0.4 is 0 Å². The van der Waals surface area contributed by atoms with Gasteiger partial charge in [-0.15, -0.1) is 0 Å². The molecular weight excluding hydrogens is 273 g/mol. The number of hydrogen-bond donors (Lipinski definition) is 0. The molecule has 0 aliphatic heterocycles. The molecule has 0 N–H and O–H groups in total. The zero-order chi connectivity index (χ0) is 11.2. The second kappa shape index (κ2) is 3.50. The maximum absolute atomic E-state index is 12.7. The van der Waals surface area contributed by atoms with E-state index >= 15 is 0 Å². The van der Waals surface area contributed by atoms with E-state index in [-0.39, 0.29) is 10.5 Å². The molecule has 1 aromatic heterocycles. The summed E-state index contributed by atoms with van der Waals surface area (Å²) in [5.74, 6) is 0.345. The molecule has 1 fully saturated rings. The smallest absolute Gasteiger partial charge is 0.256 e. The summed E-state index contributed by atoms with van der Waals surface area (Å²) in [6.45, 7) is 1.78. The van der Waals surface area contributed by atoms with E-state index in [4.69, 9.17) is 0 Å². The van der Waals surface area contributed by atoms with Crippen molar-refractivity contribution in [2.75, 3.05) is 0 Å². The fraction of sp³-hybridized carbons (Fsp3) is 0.667. The minimum Gasteiger partial charge on any atom is -0.256 e. The summed E-state index contributed by atoms with van der Waals surface area (Å²) in [4.78, 5) is 0. The summed E-state index contributed by atoms with van der Waals surface area (Å²) in [7, 11) is 0. The average molecular weight is 283 g/mol. The Labute approximate surface area is 93.6 Å². The number of alkyl halides is 3. The SMILES string of the molecule is CC(C1CC1)n1ncc(Br)c1C(F)(F)F. The molecule has 0 bridgehead atoms. The zero-order valence-electron chi connectivity index (χ0n) is 8.05. The van der Waals surface area contributed by atoms with E-state index in [1.54, 1.807) is 6.92 Å². The molecule has 84 valence electrons. The van der Waals surface area contributed by atoms with E-state index in [1.807, 2.05) is 0 Å². The van der Waals surface area contributed by atoms with Crippen molar-refractivity contribution in [2.24, 2.45) is 5.92 Å². The van der Waals surface area contributed by atoms with E-state index < -0.39 is 11.9 Å². The highest BCUT2D eigenvalue weighted by atomic mass is 79.9. The summed E-state index contributed by atoms with van der Waals surface area (Å²) in [6.07, 6.45) is -1.15. The van der Waals surface area contributed by atoms with E-state index in [0.717, 1.165) is 17.5 Å². The highest BCUT2D eigenvalue weighted by Crippen LogP contribution is 2.43. The molecular formula is C9H10BrF3N2. The second-order valence-electron chi connectivity index (χ2n) is 3.86. The summed E-state index contributed by atoms with van der Waals surface area (Å²) in [5.41, 5.74) is -0.679. The Bertz CT molecular complexity index is 368. The van der Waals surface area contributed by atoms with E-state index in [2.05, 4.69) is 21.0 Å². The van der Waals surface area contributed by atoms with Crippen molar-refractivity contribution < 1.29 is 13.2 Å². The summed E-state index contributed by atoms with van der Waals surface area (Å²) < 4.78 is 39.2. The predicted molar refractivity (Wildman–Crippen MR) is 52.4 cm³/mol. The molecule has 1 saturated carbocycles. The number of halogens is 4. The van der Waals surface area contributed by atoms with Crippen LogP contribution in [0, 0.1) is 5.92 Å². The standard InChI is InChI=1S/C9H10BrF3N2/c1-5(6-2-3-6)15-8(9(11,12)13)7(10)4-14-15/h4-6H,2-3H2,1H3. The van der Waals surface area contributed by atoms with Gasteiger partial charge in [0.05, 0.1) is 16.7 Å². The normalized spacial score (nSPS) is 19.3. The Morgan fingerprint density at radius 2 is 2.13 bits per heavy atom. The lowest BCUT2D eigenvalue weighted by molar-refractivity contribution is -0.145. The van der Waals surface area contributed by atoms with Crippen LogP contribution in [0.15, 0.2) is 10.7 Å². The minimum atomic E-state index is -4.35. The number of rotatable bonds is 2. The van der Waals surface area contributed by atoms with Gasteiger partial charge in [-0.3, -0.25) is 4.68 Å². The molecule has 1 aliphatic rings. The van der Waals surface area contributed by atoms with E-state index in [0.29, 0.717) is 5.92 Å². The first-order chi connectivity index (χ1) is 6.91. The van der Waals surface area contributed by atoms with Gasteiger partial charge in [-0.1, -0.05) is 0 Å². The van der Waals surface area contributed by atoms with Crippen LogP contribution in [0.1, 0.15) is 31.5 Å². The summed E-state index contributed by atoms with van der Waals surface area (Å²) in [5, 5.41) is 3.79. The summed E-state index contributed by atoms with van der Waals surface area (Å²) >= 11 is 2.89. The van der Waals surface area contributed by atoms with Crippen molar-refractivity contribution in [2.45, 2.75) is 32.0 Å². The predicted octanol–water partition coefficient (Wildman–Crippen LogP) is 3.64. The van der Waals surface area contributed by atoms with E-state index in [1.165, 1.54) is 6.20 Å². The highest BCUT2D eigenvalue weighted by Gasteiger charge is 2.41. The third kappa shape index (κ3) is 2.04. The van der Waals surface area contributed by atoms with Gasteiger partial charge in [0.2, 0.25) is 0 Å². The van der Waals surface area contributed by atoms with Gasteiger partial charge >= 0.3 is 6.18 Å². The maximum atomic E-state index is 12.7. The molecule has 0 amide bonds. The molecule has 0 spiro atoms. The molecule has 2 rings (SSSR count). The quantitative estimate of drug-likeness (QED) is 0.810. The van der Waals surface area contributed by atoms with Crippen molar-refractivity contribution >= 4 is 15.9 Å². The average Bonchev–Trinajstić information content (AvgIpc) is 2.86. The molecule has 6 heteroatoms. The van der Waals surface area contributed by atoms with Crippen LogP contribution in [0.3, 0.4) is 0 Å². The number of aromatic nitrogens is 2. The third-order valence-electron chi connectivity index (χ3n) is 2.71. The zero-order valence-corrected chi connectivity index (χ0v) is 9.64. The lowest BCUT2D eigenvalue weighted by atomic mass is 10.2. The molecule has 1 aromatic rings. The highest BCUT2D eigenvalue weighted by molar-refractivity contribution is 9.10. The van der Waals surface area contributed by atoms with Crippen LogP contribution in [0.5, 0.6) is 0 Å². The third-order valence-corrected chi connectivity index (χ3v) is 3.29. The molecule has 2 nitrogen and oxygen atoms in total. The monoisotopic (exact) mass is 282 g/mol. The van der Waals surface area contributed by atoms with Crippen molar-refractivity contribution in [3.8, 4) is 0 Å². The second-order valence-corrected chi connectivity index (χ2v) is 4.72. The molecule has 1 atom stereocenters. The Kier molecular flexibility index (Phi) is 2.56. The van der Waals surface area contributed by atoms with Gasteiger partial charge in [-0.25, -0.2) is 0 Å². The summed E-state index contributed by atoms with van der Waals surface area (Å²) in [6, 6.07) is -0.173. The van der Waals surface area contributed by atoms with Gasteiger partial charge in [0, 0.05) is 0 Å². The van der Waals surface area contributed by atoms with Gasteiger partial charge in [0.15, 0.2) is 5.69 Å². The molecule has 15 heavy (non-hydrogen) atoms. The maximum Gasteiger partial charge on any atom is 0.434 e. The van der Waals surface area contributed by atoms with Crippen LogP contribution >= 0.6 is 15.9 Å². The lowest BCUT2D eigenvalue weighted by Gasteiger charge is -2.16. The first-order valence-corrected chi connectivity index (χ1v) is 5.50. The molecule has 0 saturated heterocycles. The van der Waals surface area contributed by atoms with Gasteiger partial charge in [-0.05, 0) is 41.6 Å². The van der Waals surface area contributed by atoms with Gasteiger partial charge in [0.1, 0.15) is 0 Å². The molecule has 1 heterocycles. The minimum absolute atomic E-state index is 0.0162. The number of hydrogen-bond acceptors (Lipinski definition) is 1. The first kappa shape index (κ1) is 11.0. The Morgan fingerprint density at radius 1 is 1.53 bits per heavy atom. The van der Waals surface area contributed by atoms with Gasteiger partial charge in [-0.2, -0.15) is 18.3 Å². The Balaban J connectivity index is 2.38. The van der Waals surface area contributed by atoms with Gasteiger partial charge < -0.3 is 0 Å². The van der Waals surface area contributed by atoms with Crippen LogP contribution in [-0.4, -0.2) is 9.78 Å². The van der Waals surface area contributed by atoms with Crippen molar-refractivity contribution in [1.29, 1.82) is 0 Å². The van der Waals surface area contributed by atoms with Crippen molar-refractivity contribution in [3.05, 3.63) is 16.4 Å². The van der Waals surface area contributed by atoms with Crippen molar-refractivity contribution in [1.82, 2.24) is 9.78 Å². The number of nitrogens with zero attached hydrogens (tertiary/aromatic N) is 2. The fourth-order valence-corrected chi connectivity index (χ4v) is 2.19. The van der Waals surface area contributed by atoms with Crippen LogP contribution in [0.25, 0.3) is 0 Å². The van der Waals surface area contributed by atoms with Crippen LogP contribution in [0.2, 0.25) is 0 Å². The molecule has 1 unspecified atom stereocenters. The largest absolute Gasteiger partial charge is 0.434 e.